The molecule has 1 saturated heterocycles. The van der Waals surface area contributed by atoms with E-state index < -0.39 is 11.4 Å². The highest BCUT2D eigenvalue weighted by atomic mass is 19.1. The number of hydrogen-bond donors (Lipinski definition) is 1. The summed E-state index contributed by atoms with van der Waals surface area (Å²) in [6.07, 6.45) is 4.91. The second kappa shape index (κ2) is 6.79. The highest BCUT2D eigenvalue weighted by molar-refractivity contribution is 5.93. The number of nitrogens with zero attached hydrogens (tertiary/aromatic N) is 5. The van der Waals surface area contributed by atoms with Crippen LogP contribution in [0.25, 0.3) is 0 Å². The Morgan fingerprint density at radius 1 is 1.44 bits per heavy atom. The molecule has 1 amide bonds. The molecule has 8 heteroatoms. The molecule has 0 radical (unpaired) electrons. The Morgan fingerprint density at radius 2 is 2.24 bits per heavy atom. The Hall–Kier alpha value is -2.48. The van der Waals surface area contributed by atoms with Crippen LogP contribution in [-0.4, -0.2) is 63.0 Å². The Labute approximate surface area is 145 Å². The fourth-order valence-corrected chi connectivity index (χ4v) is 3.12. The van der Waals surface area contributed by atoms with E-state index in [1.807, 2.05) is 11.8 Å². The quantitative estimate of drug-likeness (QED) is 0.878. The SMILES string of the molecule is CCn1cc(C(=O)N(C)C[C@]2(O)CCN(c3ccc(F)cn3)C2)cn1. The fourth-order valence-electron chi connectivity index (χ4n) is 3.12. The van der Waals surface area contributed by atoms with E-state index in [9.17, 15) is 14.3 Å². The Kier molecular flexibility index (Phi) is 4.71. The largest absolute Gasteiger partial charge is 0.386 e. The van der Waals surface area contributed by atoms with Gasteiger partial charge in [-0.05, 0) is 25.5 Å². The predicted molar refractivity (Wildman–Crippen MR) is 90.8 cm³/mol. The second-order valence-corrected chi connectivity index (χ2v) is 6.48. The van der Waals surface area contributed by atoms with Gasteiger partial charge in [0, 0.05) is 32.9 Å². The minimum atomic E-state index is -1.03. The number of halogens is 1. The lowest BCUT2D eigenvalue weighted by Gasteiger charge is -2.29. The van der Waals surface area contributed by atoms with Crippen LogP contribution < -0.4 is 4.90 Å². The fraction of sp³-hybridized carbons (Fsp3) is 0.471. The number of rotatable bonds is 5. The van der Waals surface area contributed by atoms with Gasteiger partial charge in [0.25, 0.3) is 5.91 Å². The molecule has 1 atom stereocenters. The van der Waals surface area contributed by atoms with Crippen molar-refractivity contribution in [3.63, 3.8) is 0 Å². The van der Waals surface area contributed by atoms with Gasteiger partial charge in [-0.1, -0.05) is 0 Å². The number of anilines is 1. The van der Waals surface area contributed by atoms with Gasteiger partial charge in [0.2, 0.25) is 0 Å². The number of aromatic nitrogens is 3. The lowest BCUT2D eigenvalue weighted by Crippen LogP contribution is -2.45. The molecule has 1 aliphatic rings. The molecule has 3 rings (SSSR count). The van der Waals surface area contributed by atoms with Gasteiger partial charge in [0.1, 0.15) is 17.2 Å². The van der Waals surface area contributed by atoms with Crippen LogP contribution in [0, 0.1) is 5.82 Å². The number of pyridine rings is 1. The van der Waals surface area contributed by atoms with Crippen molar-refractivity contribution >= 4 is 11.7 Å². The molecule has 0 aliphatic carbocycles. The summed E-state index contributed by atoms with van der Waals surface area (Å²) in [6, 6.07) is 2.94. The number of aliphatic hydroxyl groups is 1. The van der Waals surface area contributed by atoms with E-state index in [1.165, 1.54) is 17.2 Å². The van der Waals surface area contributed by atoms with Crippen molar-refractivity contribution in [2.45, 2.75) is 25.5 Å². The van der Waals surface area contributed by atoms with E-state index >= 15 is 0 Å². The van der Waals surface area contributed by atoms with E-state index in [4.69, 9.17) is 0 Å². The van der Waals surface area contributed by atoms with Crippen LogP contribution in [0.2, 0.25) is 0 Å². The first-order valence-electron chi connectivity index (χ1n) is 8.27. The number of hydrogen-bond acceptors (Lipinski definition) is 5. The van der Waals surface area contributed by atoms with Crippen molar-refractivity contribution in [1.29, 1.82) is 0 Å². The number of β-amino-alcohol motifs (C(OH)–C–C–N with tert-alkyl or cyclic N) is 1. The average molecular weight is 347 g/mol. The molecule has 25 heavy (non-hydrogen) atoms. The molecule has 0 saturated carbocycles. The maximum atomic E-state index is 13.0. The Morgan fingerprint density at radius 3 is 2.88 bits per heavy atom. The maximum absolute atomic E-state index is 13.0. The van der Waals surface area contributed by atoms with Crippen LogP contribution in [0.3, 0.4) is 0 Å². The average Bonchev–Trinajstić information content (AvgIpc) is 3.22. The van der Waals surface area contributed by atoms with Crippen LogP contribution >= 0.6 is 0 Å². The topological polar surface area (TPSA) is 74.5 Å². The standard InChI is InChI=1S/C17H22FN5O2/c1-3-23-10-13(8-20-23)16(24)21(2)11-17(25)6-7-22(12-17)15-5-4-14(18)9-19-15/h4-5,8-10,25H,3,6-7,11-12H2,1-2H3/t17-/m1/s1. The number of likely N-dealkylation sites (N-methyl/N-ethyl adjacent to an activating group) is 1. The van der Waals surface area contributed by atoms with Crippen molar-refractivity contribution in [3.8, 4) is 0 Å². The zero-order chi connectivity index (χ0) is 18.0. The monoisotopic (exact) mass is 347 g/mol. The molecular formula is C17H22FN5O2. The molecule has 2 aromatic rings. The number of carbonyl (C=O) groups excluding carboxylic acids is 1. The number of amides is 1. The van der Waals surface area contributed by atoms with Crippen LogP contribution in [0.5, 0.6) is 0 Å². The first-order chi connectivity index (χ1) is 11.9. The van der Waals surface area contributed by atoms with E-state index in [2.05, 4.69) is 10.1 Å². The van der Waals surface area contributed by atoms with Crippen molar-refractivity contribution in [2.24, 2.45) is 0 Å². The van der Waals surface area contributed by atoms with Crippen molar-refractivity contribution in [1.82, 2.24) is 19.7 Å². The van der Waals surface area contributed by atoms with Crippen LogP contribution in [0.1, 0.15) is 23.7 Å². The molecule has 7 nitrogen and oxygen atoms in total. The van der Waals surface area contributed by atoms with Gasteiger partial charge in [-0.25, -0.2) is 9.37 Å². The minimum Gasteiger partial charge on any atom is -0.386 e. The second-order valence-electron chi connectivity index (χ2n) is 6.48. The summed E-state index contributed by atoms with van der Waals surface area (Å²) >= 11 is 0. The zero-order valence-electron chi connectivity index (χ0n) is 14.4. The predicted octanol–water partition coefficient (Wildman–Crippen LogP) is 1.15. The smallest absolute Gasteiger partial charge is 0.256 e. The van der Waals surface area contributed by atoms with Gasteiger partial charge in [-0.15, -0.1) is 0 Å². The third kappa shape index (κ3) is 3.79. The zero-order valence-corrected chi connectivity index (χ0v) is 14.4. The lowest BCUT2D eigenvalue weighted by atomic mass is 10.0. The van der Waals surface area contributed by atoms with Crippen LogP contribution in [0.4, 0.5) is 10.2 Å². The molecule has 0 aromatic carbocycles. The molecular weight excluding hydrogens is 325 g/mol. The Bertz CT molecular complexity index is 748. The van der Waals surface area contributed by atoms with Crippen molar-refractivity contribution < 1.29 is 14.3 Å². The summed E-state index contributed by atoms with van der Waals surface area (Å²) in [5.74, 6) is 0.0539. The molecule has 0 unspecified atom stereocenters. The molecule has 134 valence electrons. The van der Waals surface area contributed by atoms with E-state index in [0.29, 0.717) is 37.4 Å². The van der Waals surface area contributed by atoms with Gasteiger partial charge >= 0.3 is 0 Å². The molecule has 1 fully saturated rings. The van der Waals surface area contributed by atoms with Crippen LogP contribution in [0.15, 0.2) is 30.7 Å². The molecule has 0 bridgehead atoms. The molecule has 2 aromatic heterocycles. The third-order valence-corrected chi connectivity index (χ3v) is 4.45. The summed E-state index contributed by atoms with van der Waals surface area (Å²) < 4.78 is 14.7. The normalized spacial score (nSPS) is 20.1. The summed E-state index contributed by atoms with van der Waals surface area (Å²) in [5.41, 5.74) is -0.524. The van der Waals surface area contributed by atoms with Crippen molar-refractivity contribution in [3.05, 3.63) is 42.1 Å². The minimum absolute atomic E-state index is 0.175. The van der Waals surface area contributed by atoms with E-state index in [-0.39, 0.29) is 12.5 Å². The molecule has 1 N–H and O–H groups in total. The summed E-state index contributed by atoms with van der Waals surface area (Å²) in [7, 11) is 1.67. The molecule has 0 spiro atoms. The van der Waals surface area contributed by atoms with Crippen LogP contribution in [-0.2, 0) is 6.54 Å². The first kappa shape index (κ1) is 17.3. The van der Waals surface area contributed by atoms with Gasteiger partial charge in [0.15, 0.2) is 0 Å². The maximum Gasteiger partial charge on any atom is 0.256 e. The highest BCUT2D eigenvalue weighted by Gasteiger charge is 2.38. The first-order valence-corrected chi connectivity index (χ1v) is 8.27. The van der Waals surface area contributed by atoms with Gasteiger partial charge < -0.3 is 14.9 Å². The highest BCUT2D eigenvalue weighted by Crippen LogP contribution is 2.26. The number of aryl methyl sites for hydroxylation is 1. The van der Waals surface area contributed by atoms with E-state index in [1.54, 1.807) is 24.0 Å². The third-order valence-electron chi connectivity index (χ3n) is 4.45. The summed E-state index contributed by atoms with van der Waals surface area (Å²) in [6.45, 7) is 3.80. The summed E-state index contributed by atoms with van der Waals surface area (Å²) in [5, 5.41) is 14.9. The van der Waals surface area contributed by atoms with Gasteiger partial charge in [-0.2, -0.15) is 5.10 Å². The van der Waals surface area contributed by atoms with Crippen molar-refractivity contribution in [2.75, 3.05) is 31.6 Å². The van der Waals surface area contributed by atoms with Gasteiger partial charge in [-0.3, -0.25) is 9.48 Å². The lowest BCUT2D eigenvalue weighted by molar-refractivity contribution is 0.0264. The van der Waals surface area contributed by atoms with E-state index in [0.717, 1.165) is 6.20 Å². The molecule has 1 aliphatic heterocycles. The Balaban J connectivity index is 1.63. The summed E-state index contributed by atoms with van der Waals surface area (Å²) in [4.78, 5) is 19.9. The van der Waals surface area contributed by atoms with Gasteiger partial charge in [0.05, 0.1) is 24.5 Å². The molecule has 3 heterocycles. The number of carbonyl (C=O) groups is 1.